The first-order chi connectivity index (χ1) is 16.4. The Labute approximate surface area is 194 Å². The topological polar surface area (TPSA) is 102 Å². The van der Waals surface area contributed by atoms with Gasteiger partial charge in [-0.2, -0.15) is 14.8 Å². The Balaban J connectivity index is 1.62. The van der Waals surface area contributed by atoms with Crippen LogP contribution in [0.1, 0.15) is 33.6 Å². The van der Waals surface area contributed by atoms with Gasteiger partial charge in [-0.25, -0.2) is 13.8 Å². The van der Waals surface area contributed by atoms with Gasteiger partial charge in [-0.1, -0.05) is 12.1 Å². The Kier molecular flexibility index (Phi) is 5.66. The van der Waals surface area contributed by atoms with Gasteiger partial charge in [-0.15, -0.1) is 0 Å². The standard InChI is InChI=1S/C24H23F2N7O/c1-32-7-3-6-20-19(13-32)23(28-11-14-4-2-5-15(25)8-14)31-24(30-20)33-21-10-16(26)9-17(22(27)34)18(21)12-29-33/h2,4-5,8-10,12H,3,6-7,11,13H2,1H3,(H2,27,34)(H,28,30,31). The summed E-state index contributed by atoms with van der Waals surface area (Å²) < 4.78 is 29.3. The summed E-state index contributed by atoms with van der Waals surface area (Å²) in [5, 5.41) is 8.08. The quantitative estimate of drug-likeness (QED) is 0.471. The number of carbonyl (C=O) groups is 1. The molecule has 10 heteroatoms. The second kappa shape index (κ2) is 8.79. The number of nitrogens with zero attached hydrogens (tertiary/aromatic N) is 5. The number of halogens is 2. The van der Waals surface area contributed by atoms with E-state index >= 15 is 0 Å². The van der Waals surface area contributed by atoms with Crippen LogP contribution in [0.5, 0.6) is 0 Å². The van der Waals surface area contributed by atoms with Gasteiger partial charge in [-0.05, 0) is 50.2 Å². The van der Waals surface area contributed by atoms with Crippen molar-refractivity contribution in [3.05, 3.63) is 76.6 Å². The molecule has 0 aliphatic carbocycles. The van der Waals surface area contributed by atoms with Crippen LogP contribution in [-0.4, -0.2) is 44.1 Å². The molecule has 174 valence electrons. The summed E-state index contributed by atoms with van der Waals surface area (Å²) >= 11 is 0. The second-order valence-electron chi connectivity index (χ2n) is 8.43. The summed E-state index contributed by atoms with van der Waals surface area (Å²) in [4.78, 5) is 23.5. The maximum Gasteiger partial charge on any atom is 0.253 e. The molecule has 3 heterocycles. The second-order valence-corrected chi connectivity index (χ2v) is 8.43. The molecule has 0 radical (unpaired) electrons. The van der Waals surface area contributed by atoms with Crippen molar-refractivity contribution in [1.29, 1.82) is 0 Å². The van der Waals surface area contributed by atoms with E-state index in [1.165, 1.54) is 29.1 Å². The number of benzene rings is 2. The highest BCUT2D eigenvalue weighted by molar-refractivity contribution is 6.05. The zero-order valence-electron chi connectivity index (χ0n) is 18.6. The number of aryl methyl sites for hydroxylation is 1. The zero-order valence-corrected chi connectivity index (χ0v) is 18.6. The van der Waals surface area contributed by atoms with Crippen LogP contribution in [0.3, 0.4) is 0 Å². The summed E-state index contributed by atoms with van der Waals surface area (Å²) in [6.45, 7) is 1.93. The molecule has 4 aromatic rings. The Morgan fingerprint density at radius 2 is 2.03 bits per heavy atom. The van der Waals surface area contributed by atoms with Crippen LogP contribution >= 0.6 is 0 Å². The number of rotatable bonds is 5. The number of hydrogen-bond donors (Lipinski definition) is 2. The molecule has 1 amide bonds. The van der Waals surface area contributed by atoms with Gasteiger partial charge in [0.05, 0.1) is 23.0 Å². The van der Waals surface area contributed by atoms with Crippen LogP contribution in [0, 0.1) is 11.6 Å². The van der Waals surface area contributed by atoms with Crippen LogP contribution in [0.2, 0.25) is 0 Å². The van der Waals surface area contributed by atoms with Crippen LogP contribution < -0.4 is 11.1 Å². The van der Waals surface area contributed by atoms with E-state index in [-0.39, 0.29) is 17.3 Å². The normalized spacial score (nSPS) is 14.1. The molecule has 0 bridgehead atoms. The van der Waals surface area contributed by atoms with Gasteiger partial charge in [-0.3, -0.25) is 4.79 Å². The third kappa shape index (κ3) is 4.19. The predicted octanol–water partition coefficient (Wildman–Crippen LogP) is 3.18. The smallest absolute Gasteiger partial charge is 0.253 e. The number of carbonyl (C=O) groups excluding carboxylic acids is 1. The highest BCUT2D eigenvalue weighted by atomic mass is 19.1. The number of primary amides is 1. The molecule has 2 aromatic carbocycles. The molecule has 0 saturated carbocycles. The number of nitrogens with two attached hydrogens (primary N) is 1. The van der Waals surface area contributed by atoms with E-state index in [4.69, 9.17) is 15.7 Å². The van der Waals surface area contributed by atoms with Crippen LogP contribution in [0.15, 0.2) is 42.6 Å². The average molecular weight is 463 g/mol. The van der Waals surface area contributed by atoms with Crippen molar-refractivity contribution in [1.82, 2.24) is 24.6 Å². The monoisotopic (exact) mass is 463 g/mol. The fraction of sp³-hybridized carbons (Fsp3) is 0.250. The first-order valence-electron chi connectivity index (χ1n) is 10.9. The van der Waals surface area contributed by atoms with E-state index in [2.05, 4.69) is 15.3 Å². The molecule has 3 N–H and O–H groups in total. The Morgan fingerprint density at radius 3 is 2.82 bits per heavy atom. The van der Waals surface area contributed by atoms with E-state index in [1.807, 2.05) is 13.1 Å². The van der Waals surface area contributed by atoms with Crippen molar-refractivity contribution in [2.45, 2.75) is 25.9 Å². The summed E-state index contributed by atoms with van der Waals surface area (Å²) in [6, 6.07) is 8.73. The number of fused-ring (bicyclic) bond motifs is 2. The molecule has 0 fully saturated rings. The van der Waals surface area contributed by atoms with Crippen molar-refractivity contribution >= 4 is 22.6 Å². The summed E-state index contributed by atoms with van der Waals surface area (Å²) in [6.07, 6.45) is 3.12. The van der Waals surface area contributed by atoms with Crippen molar-refractivity contribution in [3.63, 3.8) is 0 Å². The molecule has 0 spiro atoms. The van der Waals surface area contributed by atoms with Crippen LogP contribution in [0.4, 0.5) is 14.6 Å². The maximum absolute atomic E-state index is 14.3. The van der Waals surface area contributed by atoms with E-state index in [0.29, 0.717) is 29.8 Å². The minimum absolute atomic E-state index is 0.0436. The zero-order chi connectivity index (χ0) is 23.8. The van der Waals surface area contributed by atoms with E-state index < -0.39 is 11.7 Å². The van der Waals surface area contributed by atoms with E-state index in [9.17, 15) is 13.6 Å². The van der Waals surface area contributed by atoms with Crippen LogP contribution in [0.25, 0.3) is 16.9 Å². The molecular weight excluding hydrogens is 440 g/mol. The number of nitrogens with one attached hydrogen (secondary N) is 1. The molecule has 5 rings (SSSR count). The van der Waals surface area contributed by atoms with Crippen molar-refractivity contribution in [3.8, 4) is 5.95 Å². The minimum atomic E-state index is -0.743. The first-order valence-corrected chi connectivity index (χ1v) is 10.9. The summed E-state index contributed by atoms with van der Waals surface area (Å²) in [7, 11) is 2.04. The Morgan fingerprint density at radius 1 is 1.18 bits per heavy atom. The van der Waals surface area contributed by atoms with E-state index in [0.717, 1.165) is 42.3 Å². The number of amides is 1. The van der Waals surface area contributed by atoms with Crippen molar-refractivity contribution in [2.75, 3.05) is 18.9 Å². The predicted molar refractivity (Wildman–Crippen MR) is 124 cm³/mol. The first kappa shape index (κ1) is 21.9. The lowest BCUT2D eigenvalue weighted by molar-refractivity contribution is 0.100. The lowest BCUT2D eigenvalue weighted by Gasteiger charge is -2.18. The number of aromatic nitrogens is 4. The molecule has 8 nitrogen and oxygen atoms in total. The van der Waals surface area contributed by atoms with Gasteiger partial charge in [0, 0.05) is 30.1 Å². The highest BCUT2D eigenvalue weighted by Crippen LogP contribution is 2.27. The molecular formula is C24H23F2N7O. The SMILES string of the molecule is CN1CCCc2nc(-n3ncc4c(C(N)=O)cc(F)cc43)nc(NCc3cccc(F)c3)c2C1. The van der Waals surface area contributed by atoms with Crippen molar-refractivity contribution in [2.24, 2.45) is 5.73 Å². The van der Waals surface area contributed by atoms with Gasteiger partial charge in [0.15, 0.2) is 0 Å². The highest BCUT2D eigenvalue weighted by Gasteiger charge is 2.22. The fourth-order valence-corrected chi connectivity index (χ4v) is 4.28. The van der Waals surface area contributed by atoms with Crippen molar-refractivity contribution < 1.29 is 13.6 Å². The van der Waals surface area contributed by atoms with Gasteiger partial charge < -0.3 is 16.0 Å². The maximum atomic E-state index is 14.3. The molecule has 34 heavy (non-hydrogen) atoms. The molecule has 0 unspecified atom stereocenters. The summed E-state index contributed by atoms with van der Waals surface area (Å²) in [5.41, 5.74) is 8.42. The summed E-state index contributed by atoms with van der Waals surface area (Å²) in [5.74, 6) is -0.804. The van der Waals surface area contributed by atoms with Gasteiger partial charge in [0.2, 0.25) is 5.91 Å². The minimum Gasteiger partial charge on any atom is -0.366 e. The molecule has 1 aliphatic heterocycles. The lowest BCUT2D eigenvalue weighted by Crippen LogP contribution is -2.19. The molecule has 2 aromatic heterocycles. The lowest BCUT2D eigenvalue weighted by atomic mass is 10.1. The van der Waals surface area contributed by atoms with Crippen LogP contribution in [-0.2, 0) is 19.5 Å². The Hall–Kier alpha value is -3.92. The largest absolute Gasteiger partial charge is 0.366 e. The van der Waals surface area contributed by atoms with E-state index in [1.54, 1.807) is 6.07 Å². The molecule has 0 saturated heterocycles. The fourth-order valence-electron chi connectivity index (χ4n) is 4.28. The number of hydrogen-bond acceptors (Lipinski definition) is 6. The number of anilines is 1. The third-order valence-electron chi connectivity index (χ3n) is 5.92. The molecule has 0 atom stereocenters. The Bertz CT molecular complexity index is 1400. The third-order valence-corrected chi connectivity index (χ3v) is 5.92. The average Bonchev–Trinajstić information content (AvgIpc) is 3.12. The van der Waals surface area contributed by atoms with Gasteiger partial charge in [0.1, 0.15) is 17.5 Å². The van der Waals surface area contributed by atoms with Gasteiger partial charge in [0.25, 0.3) is 5.95 Å². The van der Waals surface area contributed by atoms with Gasteiger partial charge >= 0.3 is 0 Å². The molecule has 1 aliphatic rings.